The molecule has 0 saturated carbocycles. The van der Waals surface area contributed by atoms with Crippen LogP contribution in [0.1, 0.15) is 5.56 Å². The van der Waals surface area contributed by atoms with E-state index < -0.39 is 13.0 Å². The molecule has 0 aliphatic carbocycles. The highest BCUT2D eigenvalue weighted by Gasteiger charge is 2.03. The van der Waals surface area contributed by atoms with Gasteiger partial charge in [-0.1, -0.05) is 34.1 Å². The second-order valence-corrected chi connectivity index (χ2v) is 3.35. The molecular formula is C9H9BrF2O. The van der Waals surface area contributed by atoms with Gasteiger partial charge >= 0.3 is 0 Å². The fourth-order valence-corrected chi connectivity index (χ4v) is 1.27. The molecule has 0 aliphatic rings. The number of hydrogen-bond donors (Lipinski definition) is 0. The van der Waals surface area contributed by atoms with Crippen LogP contribution >= 0.6 is 15.9 Å². The average molecular weight is 251 g/mol. The zero-order valence-corrected chi connectivity index (χ0v) is 8.43. The molecule has 1 rings (SSSR count). The summed E-state index contributed by atoms with van der Waals surface area (Å²) in [7, 11) is 0. The van der Waals surface area contributed by atoms with Gasteiger partial charge in [0.1, 0.15) is 6.61 Å². The third-order valence-corrected chi connectivity index (χ3v) is 2.23. The van der Waals surface area contributed by atoms with Gasteiger partial charge in [0.15, 0.2) is 0 Å². The summed E-state index contributed by atoms with van der Waals surface area (Å²) in [6.07, 6.45) is -2.40. The Balaban J connectivity index is 2.41. The molecule has 4 heteroatoms. The van der Waals surface area contributed by atoms with Crippen molar-refractivity contribution in [2.75, 3.05) is 6.61 Å². The fourth-order valence-electron chi connectivity index (χ4n) is 0.873. The second kappa shape index (κ2) is 5.29. The van der Waals surface area contributed by atoms with Crippen LogP contribution in [0.5, 0.6) is 0 Å². The van der Waals surface area contributed by atoms with Crippen molar-refractivity contribution in [1.29, 1.82) is 0 Å². The van der Waals surface area contributed by atoms with Gasteiger partial charge in [-0.05, 0) is 11.6 Å². The normalized spacial score (nSPS) is 10.8. The molecule has 1 nitrogen and oxygen atoms in total. The van der Waals surface area contributed by atoms with Crippen molar-refractivity contribution in [3.8, 4) is 0 Å². The molecular weight excluding hydrogens is 242 g/mol. The monoisotopic (exact) mass is 250 g/mol. The first-order chi connectivity index (χ1) is 6.20. The SMILES string of the molecule is FC(F)COCc1ccccc1Br. The van der Waals surface area contributed by atoms with Crippen LogP contribution < -0.4 is 0 Å². The highest BCUT2D eigenvalue weighted by atomic mass is 79.9. The second-order valence-electron chi connectivity index (χ2n) is 2.50. The first kappa shape index (κ1) is 10.6. The number of benzene rings is 1. The molecule has 0 bridgehead atoms. The van der Waals surface area contributed by atoms with Gasteiger partial charge in [-0.15, -0.1) is 0 Å². The Hall–Kier alpha value is -0.480. The van der Waals surface area contributed by atoms with E-state index in [0.29, 0.717) is 0 Å². The number of hydrogen-bond acceptors (Lipinski definition) is 1. The molecule has 13 heavy (non-hydrogen) atoms. The minimum absolute atomic E-state index is 0.214. The Bertz CT molecular complexity index is 266. The first-order valence-corrected chi connectivity index (χ1v) is 4.58. The fraction of sp³-hybridized carbons (Fsp3) is 0.333. The van der Waals surface area contributed by atoms with Gasteiger partial charge in [0, 0.05) is 4.47 Å². The van der Waals surface area contributed by atoms with E-state index in [-0.39, 0.29) is 6.61 Å². The van der Waals surface area contributed by atoms with Crippen molar-refractivity contribution in [2.45, 2.75) is 13.0 Å². The Labute approximate surface area is 83.8 Å². The third kappa shape index (κ3) is 3.83. The Kier molecular flexibility index (Phi) is 4.32. The van der Waals surface area contributed by atoms with Crippen molar-refractivity contribution < 1.29 is 13.5 Å². The van der Waals surface area contributed by atoms with Gasteiger partial charge in [0.05, 0.1) is 6.61 Å². The van der Waals surface area contributed by atoms with E-state index in [1.54, 1.807) is 0 Å². The van der Waals surface area contributed by atoms with Gasteiger partial charge in [-0.2, -0.15) is 0 Å². The summed E-state index contributed by atoms with van der Waals surface area (Å²) in [5, 5.41) is 0. The van der Waals surface area contributed by atoms with E-state index in [9.17, 15) is 8.78 Å². The predicted molar refractivity (Wildman–Crippen MR) is 49.8 cm³/mol. The van der Waals surface area contributed by atoms with Crippen LogP contribution in [0.15, 0.2) is 28.7 Å². The molecule has 0 aromatic heterocycles. The van der Waals surface area contributed by atoms with Gasteiger partial charge in [-0.3, -0.25) is 0 Å². The van der Waals surface area contributed by atoms with Crippen LogP contribution in [-0.2, 0) is 11.3 Å². The molecule has 1 aromatic rings. The molecule has 1 aromatic carbocycles. The Morgan fingerprint density at radius 1 is 1.31 bits per heavy atom. The van der Waals surface area contributed by atoms with Crippen LogP contribution in [-0.4, -0.2) is 13.0 Å². The van der Waals surface area contributed by atoms with Crippen LogP contribution in [0, 0.1) is 0 Å². The van der Waals surface area contributed by atoms with E-state index >= 15 is 0 Å². The summed E-state index contributed by atoms with van der Waals surface area (Å²) in [6, 6.07) is 7.38. The van der Waals surface area contributed by atoms with Crippen LogP contribution in [0.2, 0.25) is 0 Å². The zero-order chi connectivity index (χ0) is 9.68. The molecule has 0 heterocycles. The standard InChI is InChI=1S/C9H9BrF2O/c10-8-4-2-1-3-7(8)5-13-6-9(11)12/h1-4,9H,5-6H2. The quantitative estimate of drug-likeness (QED) is 0.798. The van der Waals surface area contributed by atoms with Crippen molar-refractivity contribution in [1.82, 2.24) is 0 Å². The maximum atomic E-state index is 11.7. The maximum absolute atomic E-state index is 11.7. The van der Waals surface area contributed by atoms with Gasteiger partial charge in [0.2, 0.25) is 0 Å². The molecule has 0 aliphatic heterocycles. The summed E-state index contributed by atoms with van der Waals surface area (Å²) in [4.78, 5) is 0. The van der Waals surface area contributed by atoms with Gasteiger partial charge < -0.3 is 4.74 Å². The summed E-state index contributed by atoms with van der Waals surface area (Å²) in [5.74, 6) is 0. The summed E-state index contributed by atoms with van der Waals surface area (Å²) < 4.78 is 29.1. The zero-order valence-electron chi connectivity index (χ0n) is 6.84. The van der Waals surface area contributed by atoms with Crippen molar-refractivity contribution in [3.63, 3.8) is 0 Å². The number of ether oxygens (including phenoxy) is 1. The van der Waals surface area contributed by atoms with Crippen LogP contribution in [0.25, 0.3) is 0 Å². The lowest BCUT2D eigenvalue weighted by Gasteiger charge is -2.04. The lowest BCUT2D eigenvalue weighted by Crippen LogP contribution is -2.04. The molecule has 0 spiro atoms. The number of alkyl halides is 2. The highest BCUT2D eigenvalue weighted by Crippen LogP contribution is 2.16. The van der Waals surface area contributed by atoms with E-state index in [0.717, 1.165) is 10.0 Å². The minimum atomic E-state index is -2.40. The van der Waals surface area contributed by atoms with E-state index in [4.69, 9.17) is 4.74 Å². The highest BCUT2D eigenvalue weighted by molar-refractivity contribution is 9.10. The van der Waals surface area contributed by atoms with Gasteiger partial charge in [0.25, 0.3) is 6.43 Å². The molecule has 0 fully saturated rings. The smallest absolute Gasteiger partial charge is 0.261 e. The lowest BCUT2D eigenvalue weighted by molar-refractivity contribution is 0.00971. The average Bonchev–Trinajstić information content (AvgIpc) is 2.08. The topological polar surface area (TPSA) is 9.23 Å². The molecule has 0 unspecified atom stereocenters. The molecule has 0 saturated heterocycles. The molecule has 0 amide bonds. The number of rotatable bonds is 4. The molecule has 72 valence electrons. The molecule has 0 radical (unpaired) electrons. The largest absolute Gasteiger partial charge is 0.371 e. The maximum Gasteiger partial charge on any atom is 0.261 e. The van der Waals surface area contributed by atoms with Crippen LogP contribution in [0.4, 0.5) is 8.78 Å². The van der Waals surface area contributed by atoms with E-state index in [1.165, 1.54) is 0 Å². The summed E-state index contributed by atoms with van der Waals surface area (Å²) >= 11 is 3.30. The Morgan fingerprint density at radius 2 is 2.00 bits per heavy atom. The number of halogens is 3. The minimum Gasteiger partial charge on any atom is -0.371 e. The van der Waals surface area contributed by atoms with Crippen molar-refractivity contribution in [2.24, 2.45) is 0 Å². The van der Waals surface area contributed by atoms with E-state index in [2.05, 4.69) is 15.9 Å². The summed E-state index contributed by atoms with van der Waals surface area (Å²) in [5.41, 5.74) is 0.878. The Morgan fingerprint density at radius 3 is 2.62 bits per heavy atom. The predicted octanol–water partition coefficient (Wildman–Crippen LogP) is 3.23. The molecule has 0 N–H and O–H groups in total. The first-order valence-electron chi connectivity index (χ1n) is 3.79. The molecule has 0 atom stereocenters. The van der Waals surface area contributed by atoms with E-state index in [1.807, 2.05) is 24.3 Å². The van der Waals surface area contributed by atoms with Crippen molar-refractivity contribution in [3.05, 3.63) is 34.3 Å². The van der Waals surface area contributed by atoms with Crippen LogP contribution in [0.3, 0.4) is 0 Å². The summed E-state index contributed by atoms with van der Waals surface area (Å²) in [6.45, 7) is -0.299. The van der Waals surface area contributed by atoms with Gasteiger partial charge in [-0.25, -0.2) is 8.78 Å². The van der Waals surface area contributed by atoms with Crippen molar-refractivity contribution >= 4 is 15.9 Å². The third-order valence-electron chi connectivity index (χ3n) is 1.46. The lowest BCUT2D eigenvalue weighted by atomic mass is 10.2.